The SMILES string of the molecule is COc1cccc2c1OCC(CNC(=O)c1ccccc1N1CCCC1)C2. The average molecular weight is 366 g/mol. The maximum atomic E-state index is 12.8. The fraction of sp³-hybridized carbons (Fsp3) is 0.409. The van der Waals surface area contributed by atoms with Crippen molar-refractivity contribution in [1.82, 2.24) is 5.32 Å². The first-order valence-corrected chi connectivity index (χ1v) is 9.67. The summed E-state index contributed by atoms with van der Waals surface area (Å²) in [4.78, 5) is 15.1. The molecule has 0 radical (unpaired) electrons. The number of anilines is 1. The van der Waals surface area contributed by atoms with Gasteiger partial charge in [0.25, 0.3) is 5.91 Å². The van der Waals surface area contributed by atoms with Crippen molar-refractivity contribution in [1.29, 1.82) is 0 Å². The largest absolute Gasteiger partial charge is 0.493 e. The maximum Gasteiger partial charge on any atom is 0.253 e. The number of hydrogen-bond acceptors (Lipinski definition) is 4. The van der Waals surface area contributed by atoms with E-state index in [4.69, 9.17) is 9.47 Å². The molecule has 5 nitrogen and oxygen atoms in total. The van der Waals surface area contributed by atoms with Crippen LogP contribution in [0.15, 0.2) is 42.5 Å². The van der Waals surface area contributed by atoms with Crippen molar-refractivity contribution in [2.45, 2.75) is 19.3 Å². The average Bonchev–Trinajstić information content (AvgIpc) is 3.26. The molecular weight excluding hydrogens is 340 g/mol. The molecule has 2 aliphatic heterocycles. The lowest BCUT2D eigenvalue weighted by Gasteiger charge is -2.27. The number of carbonyl (C=O) groups excluding carboxylic acids is 1. The highest BCUT2D eigenvalue weighted by atomic mass is 16.5. The molecule has 0 aromatic heterocycles. The number of benzene rings is 2. The van der Waals surface area contributed by atoms with E-state index in [1.54, 1.807) is 7.11 Å². The van der Waals surface area contributed by atoms with Gasteiger partial charge in [0, 0.05) is 31.2 Å². The van der Waals surface area contributed by atoms with Gasteiger partial charge < -0.3 is 19.7 Å². The van der Waals surface area contributed by atoms with Crippen LogP contribution in [0, 0.1) is 5.92 Å². The Morgan fingerprint density at radius 2 is 2.00 bits per heavy atom. The van der Waals surface area contributed by atoms with Crippen LogP contribution in [0.5, 0.6) is 11.5 Å². The molecule has 0 spiro atoms. The van der Waals surface area contributed by atoms with Gasteiger partial charge in [0.15, 0.2) is 11.5 Å². The van der Waals surface area contributed by atoms with Crippen LogP contribution in [-0.4, -0.2) is 39.3 Å². The van der Waals surface area contributed by atoms with Crippen molar-refractivity contribution in [3.05, 3.63) is 53.6 Å². The van der Waals surface area contributed by atoms with Crippen LogP contribution in [0.1, 0.15) is 28.8 Å². The number of ether oxygens (including phenoxy) is 2. The highest BCUT2D eigenvalue weighted by molar-refractivity contribution is 5.99. The van der Waals surface area contributed by atoms with Gasteiger partial charge in [-0.1, -0.05) is 24.3 Å². The molecule has 1 unspecified atom stereocenters. The van der Waals surface area contributed by atoms with E-state index in [1.165, 1.54) is 12.8 Å². The Bertz CT molecular complexity index is 815. The third kappa shape index (κ3) is 3.72. The molecule has 1 amide bonds. The van der Waals surface area contributed by atoms with Crippen LogP contribution in [0.4, 0.5) is 5.69 Å². The molecule has 2 aliphatic rings. The number of rotatable bonds is 5. The van der Waals surface area contributed by atoms with Crippen LogP contribution in [-0.2, 0) is 6.42 Å². The van der Waals surface area contributed by atoms with Gasteiger partial charge in [-0.25, -0.2) is 0 Å². The Hall–Kier alpha value is -2.69. The number of amides is 1. The quantitative estimate of drug-likeness (QED) is 0.882. The summed E-state index contributed by atoms with van der Waals surface area (Å²) in [6.45, 7) is 3.24. The Kier molecular flexibility index (Phi) is 5.19. The van der Waals surface area contributed by atoms with E-state index in [1.807, 2.05) is 36.4 Å². The van der Waals surface area contributed by atoms with Gasteiger partial charge in [0.1, 0.15) is 0 Å². The zero-order valence-electron chi connectivity index (χ0n) is 15.7. The second-order valence-corrected chi connectivity index (χ2v) is 7.25. The minimum atomic E-state index is -0.00561. The molecule has 1 fully saturated rings. The molecule has 1 atom stereocenters. The molecule has 2 heterocycles. The maximum absolute atomic E-state index is 12.8. The third-order valence-corrected chi connectivity index (χ3v) is 5.40. The fourth-order valence-corrected chi connectivity index (χ4v) is 3.98. The zero-order valence-corrected chi connectivity index (χ0v) is 15.7. The van der Waals surface area contributed by atoms with Crippen molar-refractivity contribution in [3.63, 3.8) is 0 Å². The Balaban J connectivity index is 1.40. The lowest BCUT2D eigenvalue weighted by Crippen LogP contribution is -2.35. The van der Waals surface area contributed by atoms with Crippen molar-refractivity contribution in [3.8, 4) is 11.5 Å². The second-order valence-electron chi connectivity index (χ2n) is 7.25. The highest BCUT2D eigenvalue weighted by Crippen LogP contribution is 2.35. The van der Waals surface area contributed by atoms with Crippen LogP contribution >= 0.6 is 0 Å². The second kappa shape index (κ2) is 7.91. The first-order valence-electron chi connectivity index (χ1n) is 9.67. The Morgan fingerprint density at radius 3 is 2.81 bits per heavy atom. The smallest absolute Gasteiger partial charge is 0.253 e. The fourth-order valence-electron chi connectivity index (χ4n) is 3.98. The van der Waals surface area contributed by atoms with E-state index in [2.05, 4.69) is 16.3 Å². The number of hydrogen-bond donors (Lipinski definition) is 1. The summed E-state index contributed by atoms with van der Waals surface area (Å²) in [6, 6.07) is 13.9. The minimum Gasteiger partial charge on any atom is -0.493 e. The van der Waals surface area contributed by atoms with E-state index in [0.717, 1.165) is 47.8 Å². The topological polar surface area (TPSA) is 50.8 Å². The van der Waals surface area contributed by atoms with E-state index in [0.29, 0.717) is 13.2 Å². The van der Waals surface area contributed by atoms with Gasteiger partial charge in [-0.05, 0) is 43.0 Å². The van der Waals surface area contributed by atoms with Gasteiger partial charge in [-0.3, -0.25) is 4.79 Å². The summed E-state index contributed by atoms with van der Waals surface area (Å²) in [6.07, 6.45) is 3.26. The Labute approximate surface area is 160 Å². The molecule has 0 aliphatic carbocycles. The van der Waals surface area contributed by atoms with Gasteiger partial charge >= 0.3 is 0 Å². The first kappa shape index (κ1) is 17.7. The predicted octanol–water partition coefficient (Wildman–Crippen LogP) is 3.28. The summed E-state index contributed by atoms with van der Waals surface area (Å²) in [5.41, 5.74) is 2.94. The van der Waals surface area contributed by atoms with Crippen molar-refractivity contribution in [2.75, 3.05) is 38.3 Å². The van der Waals surface area contributed by atoms with Crippen molar-refractivity contribution >= 4 is 11.6 Å². The number of carbonyl (C=O) groups is 1. The molecule has 0 bridgehead atoms. The van der Waals surface area contributed by atoms with E-state index >= 15 is 0 Å². The van der Waals surface area contributed by atoms with E-state index < -0.39 is 0 Å². The lowest BCUT2D eigenvalue weighted by molar-refractivity contribution is 0.0939. The van der Waals surface area contributed by atoms with Crippen LogP contribution in [0.25, 0.3) is 0 Å². The van der Waals surface area contributed by atoms with Crippen LogP contribution in [0.2, 0.25) is 0 Å². The van der Waals surface area contributed by atoms with Gasteiger partial charge in [-0.2, -0.15) is 0 Å². The lowest BCUT2D eigenvalue weighted by atomic mass is 9.96. The number of fused-ring (bicyclic) bond motifs is 1. The molecule has 2 aromatic carbocycles. The van der Waals surface area contributed by atoms with Gasteiger partial charge in [0.05, 0.1) is 19.3 Å². The molecule has 27 heavy (non-hydrogen) atoms. The van der Waals surface area contributed by atoms with Crippen LogP contribution < -0.4 is 19.7 Å². The summed E-state index contributed by atoms with van der Waals surface area (Å²) in [7, 11) is 1.66. The molecule has 142 valence electrons. The molecule has 4 rings (SSSR count). The predicted molar refractivity (Wildman–Crippen MR) is 106 cm³/mol. The normalized spacial score (nSPS) is 18.6. The minimum absolute atomic E-state index is 0.00561. The highest BCUT2D eigenvalue weighted by Gasteiger charge is 2.24. The molecular formula is C22H26N2O3. The van der Waals surface area contributed by atoms with Crippen LogP contribution in [0.3, 0.4) is 0 Å². The number of nitrogens with zero attached hydrogens (tertiary/aromatic N) is 1. The van der Waals surface area contributed by atoms with E-state index in [9.17, 15) is 4.79 Å². The monoisotopic (exact) mass is 366 g/mol. The zero-order chi connectivity index (χ0) is 18.6. The summed E-state index contributed by atoms with van der Waals surface area (Å²) in [5.74, 6) is 1.86. The summed E-state index contributed by atoms with van der Waals surface area (Å²) >= 11 is 0. The number of methoxy groups -OCH3 is 1. The Morgan fingerprint density at radius 1 is 1.19 bits per heavy atom. The van der Waals surface area contributed by atoms with E-state index in [-0.39, 0.29) is 11.8 Å². The first-order chi connectivity index (χ1) is 13.3. The standard InChI is InChI=1S/C22H26N2O3/c1-26-20-10-6-7-17-13-16(15-27-21(17)20)14-23-22(25)18-8-2-3-9-19(18)24-11-4-5-12-24/h2-3,6-10,16H,4-5,11-15H2,1H3,(H,23,25). The molecule has 2 aromatic rings. The molecule has 5 heteroatoms. The molecule has 1 N–H and O–H groups in total. The number of para-hydroxylation sites is 2. The summed E-state index contributed by atoms with van der Waals surface area (Å²) in [5, 5.41) is 3.12. The van der Waals surface area contributed by atoms with Gasteiger partial charge in [0.2, 0.25) is 0 Å². The van der Waals surface area contributed by atoms with Crippen molar-refractivity contribution < 1.29 is 14.3 Å². The summed E-state index contributed by atoms with van der Waals surface area (Å²) < 4.78 is 11.3. The van der Waals surface area contributed by atoms with Crippen molar-refractivity contribution in [2.24, 2.45) is 5.92 Å². The van der Waals surface area contributed by atoms with Gasteiger partial charge in [-0.15, -0.1) is 0 Å². The number of nitrogens with one attached hydrogen (secondary N) is 1. The third-order valence-electron chi connectivity index (χ3n) is 5.40. The molecule has 0 saturated carbocycles. The molecule has 1 saturated heterocycles.